The minimum absolute atomic E-state index is 0.0393. The van der Waals surface area contributed by atoms with Crippen LogP contribution in [0, 0.1) is 0 Å². The van der Waals surface area contributed by atoms with Gasteiger partial charge in [-0.2, -0.15) is 0 Å². The predicted molar refractivity (Wildman–Crippen MR) is 57.0 cm³/mol. The second-order valence-electron chi connectivity index (χ2n) is 2.92. The molecule has 0 saturated heterocycles. The first-order valence-corrected chi connectivity index (χ1v) is 4.95. The second kappa shape index (κ2) is 5.35. The average molecular weight is 233 g/mol. The minimum Gasteiger partial charge on any atom is -0.396 e. The van der Waals surface area contributed by atoms with E-state index in [1.165, 1.54) is 0 Å². The van der Waals surface area contributed by atoms with E-state index >= 15 is 0 Å². The lowest BCUT2D eigenvalue weighted by Gasteiger charge is -2.10. The van der Waals surface area contributed by atoms with Gasteiger partial charge in [-0.3, -0.25) is 0 Å². The van der Waals surface area contributed by atoms with Crippen molar-refractivity contribution < 1.29 is 9.90 Å². The van der Waals surface area contributed by atoms with Gasteiger partial charge in [-0.25, -0.2) is 0 Å². The Labute approximate surface area is 92.5 Å². The van der Waals surface area contributed by atoms with Crippen molar-refractivity contribution in [2.75, 3.05) is 6.61 Å². The smallest absolute Gasteiger partial charge is 0.127 e. The summed E-state index contributed by atoms with van der Waals surface area (Å²) in [6, 6.07) is 4.97. The van der Waals surface area contributed by atoms with Crippen molar-refractivity contribution in [2.45, 2.75) is 12.3 Å². The van der Waals surface area contributed by atoms with Gasteiger partial charge in [-0.05, 0) is 24.1 Å². The van der Waals surface area contributed by atoms with Gasteiger partial charge in [0.1, 0.15) is 6.29 Å². The fraction of sp³-hybridized carbons (Fsp3) is 0.300. The van der Waals surface area contributed by atoms with Gasteiger partial charge in [0.25, 0.3) is 0 Å². The Balaban J connectivity index is 2.98. The number of carbonyl (C=O) groups excluding carboxylic acids is 1. The first kappa shape index (κ1) is 11.5. The van der Waals surface area contributed by atoms with Crippen molar-refractivity contribution in [1.82, 2.24) is 0 Å². The second-order valence-corrected chi connectivity index (χ2v) is 3.76. The van der Waals surface area contributed by atoms with Gasteiger partial charge >= 0.3 is 0 Å². The van der Waals surface area contributed by atoms with Gasteiger partial charge in [0.05, 0.1) is 0 Å². The molecule has 0 heterocycles. The van der Waals surface area contributed by atoms with E-state index in [-0.39, 0.29) is 12.5 Å². The number of carbonyl (C=O) groups is 1. The molecule has 0 aromatic heterocycles. The van der Waals surface area contributed by atoms with Crippen LogP contribution in [0.15, 0.2) is 18.2 Å². The number of hydrogen-bond donors (Lipinski definition) is 1. The minimum atomic E-state index is -0.357. The van der Waals surface area contributed by atoms with Crippen LogP contribution in [0.4, 0.5) is 0 Å². The van der Waals surface area contributed by atoms with Crippen LogP contribution in [0.5, 0.6) is 0 Å². The molecule has 0 saturated carbocycles. The zero-order valence-corrected chi connectivity index (χ0v) is 8.92. The number of hydrogen-bond acceptors (Lipinski definition) is 2. The summed E-state index contributed by atoms with van der Waals surface area (Å²) in [7, 11) is 0. The third kappa shape index (κ3) is 2.71. The normalized spacial score (nSPS) is 12.5. The van der Waals surface area contributed by atoms with E-state index in [1.54, 1.807) is 18.2 Å². The zero-order chi connectivity index (χ0) is 10.6. The lowest BCUT2D eigenvalue weighted by Crippen LogP contribution is -2.03. The number of aldehydes is 1. The molecule has 1 N–H and O–H groups in total. The lowest BCUT2D eigenvalue weighted by molar-refractivity contribution is -0.109. The summed E-state index contributed by atoms with van der Waals surface area (Å²) in [5, 5.41) is 9.74. The van der Waals surface area contributed by atoms with Gasteiger partial charge in [0.15, 0.2) is 0 Å². The van der Waals surface area contributed by atoms with Crippen molar-refractivity contribution in [2.24, 2.45) is 0 Å². The number of aliphatic hydroxyl groups is 1. The third-order valence-electron chi connectivity index (χ3n) is 1.97. The van der Waals surface area contributed by atoms with Gasteiger partial charge in [-0.15, -0.1) is 0 Å². The summed E-state index contributed by atoms with van der Waals surface area (Å²) in [5.74, 6) is -0.357. The van der Waals surface area contributed by atoms with Crippen LogP contribution in [0.2, 0.25) is 10.0 Å². The molecule has 0 fully saturated rings. The van der Waals surface area contributed by atoms with Crippen LogP contribution in [0.25, 0.3) is 0 Å². The molecule has 1 atom stereocenters. The molecule has 0 bridgehead atoms. The standard InChI is InChI=1S/C10H10Cl2O2/c11-8-1-2-9(10(12)5-8)7(6-14)3-4-13/h1-2,5-7,13H,3-4H2. The highest BCUT2D eigenvalue weighted by atomic mass is 35.5. The highest BCUT2D eigenvalue weighted by Gasteiger charge is 2.13. The van der Waals surface area contributed by atoms with Crippen molar-refractivity contribution in [1.29, 1.82) is 0 Å². The highest BCUT2D eigenvalue weighted by Crippen LogP contribution is 2.28. The van der Waals surface area contributed by atoms with Crippen LogP contribution in [-0.2, 0) is 4.79 Å². The van der Waals surface area contributed by atoms with Crippen molar-refractivity contribution in [3.8, 4) is 0 Å². The molecule has 76 valence electrons. The van der Waals surface area contributed by atoms with Crippen LogP contribution in [0.1, 0.15) is 17.9 Å². The molecular weight excluding hydrogens is 223 g/mol. The molecule has 1 unspecified atom stereocenters. The quantitative estimate of drug-likeness (QED) is 0.811. The maximum Gasteiger partial charge on any atom is 0.127 e. The molecule has 2 nitrogen and oxygen atoms in total. The Morgan fingerprint density at radius 2 is 2.14 bits per heavy atom. The van der Waals surface area contributed by atoms with Crippen LogP contribution < -0.4 is 0 Å². The first-order valence-electron chi connectivity index (χ1n) is 4.20. The van der Waals surface area contributed by atoms with Crippen LogP contribution >= 0.6 is 23.2 Å². The average Bonchev–Trinajstić information content (AvgIpc) is 2.15. The Morgan fingerprint density at radius 1 is 1.43 bits per heavy atom. The van der Waals surface area contributed by atoms with Gasteiger partial charge in [0.2, 0.25) is 0 Å². The van der Waals surface area contributed by atoms with E-state index < -0.39 is 0 Å². The molecule has 0 aliphatic heterocycles. The maximum absolute atomic E-state index is 10.7. The maximum atomic E-state index is 10.7. The van der Waals surface area contributed by atoms with E-state index in [1.807, 2.05) is 0 Å². The Hall–Kier alpha value is -0.570. The fourth-order valence-electron chi connectivity index (χ4n) is 1.24. The lowest BCUT2D eigenvalue weighted by atomic mass is 9.98. The first-order chi connectivity index (χ1) is 6.69. The predicted octanol–water partition coefficient (Wildman–Crippen LogP) is 2.66. The van der Waals surface area contributed by atoms with E-state index in [9.17, 15) is 4.79 Å². The summed E-state index contributed by atoms with van der Waals surface area (Å²) in [5.41, 5.74) is 0.708. The van der Waals surface area contributed by atoms with E-state index in [2.05, 4.69) is 0 Å². The SMILES string of the molecule is O=CC(CCO)c1ccc(Cl)cc1Cl. The topological polar surface area (TPSA) is 37.3 Å². The van der Waals surface area contributed by atoms with Gasteiger partial charge in [0, 0.05) is 22.6 Å². The fourth-order valence-corrected chi connectivity index (χ4v) is 1.79. The molecule has 4 heteroatoms. The summed E-state index contributed by atoms with van der Waals surface area (Å²) in [6.45, 7) is -0.0393. The summed E-state index contributed by atoms with van der Waals surface area (Å²) in [4.78, 5) is 10.7. The number of halogens is 2. The van der Waals surface area contributed by atoms with Crippen LogP contribution in [-0.4, -0.2) is 18.0 Å². The number of rotatable bonds is 4. The van der Waals surface area contributed by atoms with E-state index in [4.69, 9.17) is 28.3 Å². The molecule has 0 spiro atoms. The highest BCUT2D eigenvalue weighted by molar-refractivity contribution is 6.35. The van der Waals surface area contributed by atoms with E-state index in [0.717, 1.165) is 6.29 Å². The van der Waals surface area contributed by atoms with Crippen molar-refractivity contribution in [3.05, 3.63) is 33.8 Å². The largest absolute Gasteiger partial charge is 0.396 e. The zero-order valence-electron chi connectivity index (χ0n) is 7.41. The number of aliphatic hydroxyl groups excluding tert-OH is 1. The molecule has 14 heavy (non-hydrogen) atoms. The molecule has 0 aliphatic rings. The molecule has 1 rings (SSSR count). The molecule has 1 aromatic carbocycles. The third-order valence-corrected chi connectivity index (χ3v) is 2.53. The molecule has 0 amide bonds. The molecule has 0 aliphatic carbocycles. The summed E-state index contributed by atoms with van der Waals surface area (Å²) in [6.07, 6.45) is 1.16. The molecular formula is C10H10Cl2O2. The summed E-state index contributed by atoms with van der Waals surface area (Å²) < 4.78 is 0. The van der Waals surface area contributed by atoms with Crippen molar-refractivity contribution in [3.63, 3.8) is 0 Å². The number of benzene rings is 1. The Bertz CT molecular complexity index is 326. The monoisotopic (exact) mass is 232 g/mol. The summed E-state index contributed by atoms with van der Waals surface area (Å²) >= 11 is 11.6. The van der Waals surface area contributed by atoms with Gasteiger partial charge in [-0.1, -0.05) is 29.3 Å². The van der Waals surface area contributed by atoms with Crippen LogP contribution in [0.3, 0.4) is 0 Å². The van der Waals surface area contributed by atoms with Crippen molar-refractivity contribution >= 4 is 29.5 Å². The Kier molecular flexibility index (Phi) is 4.39. The van der Waals surface area contributed by atoms with Gasteiger partial charge < -0.3 is 9.90 Å². The molecule has 0 radical (unpaired) electrons. The Morgan fingerprint density at radius 3 is 2.64 bits per heavy atom. The molecule has 1 aromatic rings. The van der Waals surface area contributed by atoms with E-state index in [0.29, 0.717) is 22.0 Å².